The van der Waals surface area contributed by atoms with Crippen molar-refractivity contribution in [3.8, 4) is 0 Å². The second-order valence-electron chi connectivity index (χ2n) is 9.80. The normalized spacial score (nSPS) is 30.8. The molecule has 0 heterocycles. The molecule has 0 aromatic heterocycles. The fraction of sp³-hybridized carbons (Fsp3) is 0.652. The molecule has 4 aliphatic rings. The molecule has 5 rings (SSSR count). The topological polar surface area (TPSA) is 92.3 Å². The number of rotatable bonds is 8. The van der Waals surface area contributed by atoms with Crippen molar-refractivity contribution in [2.45, 2.75) is 69.7 Å². The van der Waals surface area contributed by atoms with Crippen molar-refractivity contribution in [2.75, 3.05) is 6.54 Å². The molecule has 1 amide bonds. The van der Waals surface area contributed by atoms with Gasteiger partial charge >= 0.3 is 0 Å². The zero-order valence-electron chi connectivity index (χ0n) is 17.8. The van der Waals surface area contributed by atoms with Crippen molar-refractivity contribution in [1.29, 1.82) is 0 Å². The lowest BCUT2D eigenvalue weighted by Crippen LogP contribution is -2.56. The summed E-state index contributed by atoms with van der Waals surface area (Å²) >= 11 is 0. The van der Waals surface area contributed by atoms with E-state index >= 15 is 0 Å². The van der Waals surface area contributed by atoms with Gasteiger partial charge < -0.3 is 5.32 Å². The van der Waals surface area contributed by atoms with E-state index in [2.05, 4.69) is 17.0 Å². The molecule has 0 radical (unpaired) electrons. The molecule has 1 unspecified atom stereocenters. The van der Waals surface area contributed by atoms with Gasteiger partial charge in [-0.2, -0.15) is 0 Å². The van der Waals surface area contributed by atoms with Crippen molar-refractivity contribution in [3.63, 3.8) is 0 Å². The molecule has 6 nitrogen and oxygen atoms in total. The molecule has 2 N–H and O–H groups in total. The van der Waals surface area contributed by atoms with E-state index in [1.54, 1.807) is 12.1 Å². The van der Waals surface area contributed by atoms with Crippen molar-refractivity contribution in [3.05, 3.63) is 29.8 Å². The van der Waals surface area contributed by atoms with Gasteiger partial charge in [-0.15, -0.1) is 0 Å². The first-order valence-electron chi connectivity index (χ1n) is 11.1. The van der Waals surface area contributed by atoms with Gasteiger partial charge in [-0.3, -0.25) is 9.59 Å². The van der Waals surface area contributed by atoms with Gasteiger partial charge in [0.1, 0.15) is 0 Å². The van der Waals surface area contributed by atoms with E-state index in [1.807, 2.05) is 0 Å². The van der Waals surface area contributed by atoms with Crippen LogP contribution < -0.4 is 10.0 Å². The molecule has 1 aromatic rings. The fourth-order valence-electron chi connectivity index (χ4n) is 6.44. The van der Waals surface area contributed by atoms with Gasteiger partial charge in [-0.1, -0.05) is 12.1 Å². The summed E-state index contributed by atoms with van der Waals surface area (Å²) in [5.74, 6) is 2.18. The van der Waals surface area contributed by atoms with Crippen molar-refractivity contribution >= 4 is 21.7 Å². The number of carbonyl (C=O) groups excluding carboxylic acids is 2. The van der Waals surface area contributed by atoms with Crippen LogP contribution in [0.4, 0.5) is 0 Å². The van der Waals surface area contributed by atoms with E-state index in [-0.39, 0.29) is 41.0 Å². The van der Waals surface area contributed by atoms with Crippen LogP contribution in [0.1, 0.15) is 69.2 Å². The van der Waals surface area contributed by atoms with Crippen LogP contribution in [0.5, 0.6) is 0 Å². The molecule has 0 saturated heterocycles. The number of hydrogen-bond acceptors (Lipinski definition) is 4. The fourth-order valence-corrected chi connectivity index (χ4v) is 7.52. The highest BCUT2D eigenvalue weighted by molar-refractivity contribution is 7.89. The minimum atomic E-state index is -3.76. The Morgan fingerprint density at radius 1 is 1.10 bits per heavy atom. The van der Waals surface area contributed by atoms with E-state index in [9.17, 15) is 18.0 Å². The number of carbonyl (C=O) groups is 2. The number of sulfonamides is 1. The van der Waals surface area contributed by atoms with E-state index in [0.29, 0.717) is 5.56 Å². The lowest BCUT2D eigenvalue weighted by atomic mass is 9.48. The highest BCUT2D eigenvalue weighted by atomic mass is 32.2. The molecule has 7 heteroatoms. The Bertz CT molecular complexity index is 905. The van der Waals surface area contributed by atoms with Crippen LogP contribution in [0, 0.1) is 23.2 Å². The van der Waals surface area contributed by atoms with Gasteiger partial charge in [-0.25, -0.2) is 13.1 Å². The molecular formula is C23H32N2O4S. The first-order valence-corrected chi connectivity index (χ1v) is 12.6. The van der Waals surface area contributed by atoms with Crippen LogP contribution in [0.15, 0.2) is 29.2 Å². The summed E-state index contributed by atoms with van der Waals surface area (Å²) in [7, 11) is -3.76. The quantitative estimate of drug-likeness (QED) is 0.617. The molecular weight excluding hydrogens is 400 g/mol. The minimum Gasteiger partial charge on any atom is -0.353 e. The average molecular weight is 433 g/mol. The van der Waals surface area contributed by atoms with E-state index < -0.39 is 10.0 Å². The van der Waals surface area contributed by atoms with Crippen LogP contribution in [-0.2, 0) is 14.8 Å². The number of ketones is 1. The third-order valence-electron chi connectivity index (χ3n) is 7.58. The van der Waals surface area contributed by atoms with Crippen LogP contribution >= 0.6 is 0 Å². The molecule has 0 spiro atoms. The molecule has 0 aliphatic heterocycles. The minimum absolute atomic E-state index is 0.0338. The molecule has 4 saturated carbocycles. The maximum Gasteiger partial charge on any atom is 0.240 e. The summed E-state index contributed by atoms with van der Waals surface area (Å²) in [6, 6.07) is 6.07. The summed E-state index contributed by atoms with van der Waals surface area (Å²) in [4.78, 5) is 24.1. The van der Waals surface area contributed by atoms with Gasteiger partial charge in [0.25, 0.3) is 0 Å². The zero-order valence-corrected chi connectivity index (χ0v) is 18.6. The predicted octanol–water partition coefficient (Wildman–Crippen LogP) is 3.28. The number of benzene rings is 1. The first kappa shape index (κ1) is 21.5. The first-order chi connectivity index (χ1) is 14.2. The molecule has 4 fully saturated rings. The predicted molar refractivity (Wildman–Crippen MR) is 114 cm³/mol. The second kappa shape index (κ2) is 8.08. The Hall–Kier alpha value is -1.73. The number of Topliss-reactive ketones (excluding diaryl/α,β-unsaturated/α-hetero) is 1. The van der Waals surface area contributed by atoms with Crippen molar-refractivity contribution < 1.29 is 18.0 Å². The third kappa shape index (κ3) is 4.33. The molecule has 1 aromatic carbocycles. The van der Waals surface area contributed by atoms with E-state index in [1.165, 1.54) is 57.6 Å². The number of amides is 1. The maximum absolute atomic E-state index is 12.5. The van der Waals surface area contributed by atoms with Gasteiger partial charge in [0.05, 0.1) is 4.90 Å². The van der Waals surface area contributed by atoms with Crippen LogP contribution in [-0.4, -0.2) is 32.7 Å². The standard InChI is InChI=1S/C23H32N2O4S/c1-15(26)20-4-3-5-21(11-20)30(28,29)24-7-6-22(27)25-16(2)23-12-17-8-18(13-23)10-19(9-17)14-23/h3-5,11,16-19,24H,6-10,12-14H2,1-2H3,(H,25,27). The van der Waals surface area contributed by atoms with Crippen LogP contribution in [0.3, 0.4) is 0 Å². The van der Waals surface area contributed by atoms with Crippen LogP contribution in [0.25, 0.3) is 0 Å². The third-order valence-corrected chi connectivity index (χ3v) is 9.04. The van der Waals surface area contributed by atoms with E-state index in [0.717, 1.165) is 17.8 Å². The summed E-state index contributed by atoms with van der Waals surface area (Å²) < 4.78 is 27.5. The number of nitrogens with one attached hydrogen (secondary N) is 2. The molecule has 1 atom stereocenters. The molecule has 4 bridgehead atoms. The molecule has 4 aliphatic carbocycles. The van der Waals surface area contributed by atoms with Gasteiger partial charge in [-0.05, 0) is 87.7 Å². The Morgan fingerprint density at radius 2 is 1.70 bits per heavy atom. The summed E-state index contributed by atoms with van der Waals surface area (Å²) in [5.41, 5.74) is 0.580. The maximum atomic E-state index is 12.5. The SMILES string of the molecule is CC(=O)c1cccc(S(=O)(=O)NCCC(=O)NC(C)C23CC4CC(CC(C4)C2)C3)c1. The Balaban J connectivity index is 1.30. The summed E-state index contributed by atoms with van der Waals surface area (Å²) in [6.07, 6.45) is 7.87. The highest BCUT2D eigenvalue weighted by Crippen LogP contribution is 2.61. The Kier molecular flexibility index (Phi) is 5.79. The van der Waals surface area contributed by atoms with Gasteiger partial charge in [0, 0.05) is 24.6 Å². The van der Waals surface area contributed by atoms with Gasteiger partial charge in [0.15, 0.2) is 5.78 Å². The smallest absolute Gasteiger partial charge is 0.240 e. The van der Waals surface area contributed by atoms with Crippen LogP contribution in [0.2, 0.25) is 0 Å². The molecule has 164 valence electrons. The number of hydrogen-bond donors (Lipinski definition) is 2. The van der Waals surface area contributed by atoms with Gasteiger partial charge in [0.2, 0.25) is 15.9 Å². The van der Waals surface area contributed by atoms with E-state index in [4.69, 9.17) is 0 Å². The second-order valence-corrected chi connectivity index (χ2v) is 11.6. The monoisotopic (exact) mass is 432 g/mol. The largest absolute Gasteiger partial charge is 0.353 e. The average Bonchev–Trinajstić information content (AvgIpc) is 2.67. The molecule has 30 heavy (non-hydrogen) atoms. The zero-order chi connectivity index (χ0) is 21.5. The lowest BCUT2D eigenvalue weighted by Gasteiger charge is -2.59. The van der Waals surface area contributed by atoms with Crippen molar-refractivity contribution in [1.82, 2.24) is 10.0 Å². The Morgan fingerprint density at radius 3 is 2.27 bits per heavy atom. The Labute approximate surface area is 179 Å². The van der Waals surface area contributed by atoms with Crippen molar-refractivity contribution in [2.24, 2.45) is 23.2 Å². The summed E-state index contributed by atoms with van der Waals surface area (Å²) in [5, 5.41) is 3.17. The summed E-state index contributed by atoms with van der Waals surface area (Å²) in [6.45, 7) is 3.56. The highest BCUT2D eigenvalue weighted by Gasteiger charge is 2.53. The lowest BCUT2D eigenvalue weighted by molar-refractivity contribution is -0.125.